The van der Waals surface area contributed by atoms with Crippen LogP contribution in [0, 0.1) is 6.92 Å². The lowest BCUT2D eigenvalue weighted by Gasteiger charge is -2.14. The number of hydrogen-bond donors (Lipinski definition) is 2. The maximum atomic E-state index is 11.2. The Balaban J connectivity index is 2.16. The standard InChI is InChI=1S/C18H21NO4/c1-4-23-17-10-13(8-9-16(17)22-3)11-19-15-7-5-6-14(12(15)2)18(20)21/h5-10,19H,4,11H2,1-3H3,(H,20,21). The van der Waals surface area contributed by atoms with E-state index in [1.165, 1.54) is 0 Å². The fourth-order valence-electron chi connectivity index (χ4n) is 2.36. The summed E-state index contributed by atoms with van der Waals surface area (Å²) in [6, 6.07) is 10.9. The zero-order valence-corrected chi connectivity index (χ0v) is 13.6. The first-order chi connectivity index (χ1) is 11.1. The number of aromatic carboxylic acids is 1. The van der Waals surface area contributed by atoms with E-state index in [0.717, 1.165) is 16.8 Å². The zero-order chi connectivity index (χ0) is 16.8. The fourth-order valence-corrected chi connectivity index (χ4v) is 2.36. The molecule has 0 saturated heterocycles. The first-order valence-corrected chi connectivity index (χ1v) is 7.43. The lowest BCUT2D eigenvalue weighted by atomic mass is 10.1. The van der Waals surface area contributed by atoms with E-state index in [2.05, 4.69) is 5.32 Å². The number of carboxylic acids is 1. The molecule has 0 aliphatic rings. The molecule has 2 rings (SSSR count). The van der Waals surface area contributed by atoms with Crippen molar-refractivity contribution in [3.8, 4) is 11.5 Å². The van der Waals surface area contributed by atoms with Gasteiger partial charge in [-0.05, 0) is 49.2 Å². The average Bonchev–Trinajstić information content (AvgIpc) is 2.54. The van der Waals surface area contributed by atoms with Crippen LogP contribution >= 0.6 is 0 Å². The van der Waals surface area contributed by atoms with Gasteiger partial charge in [-0.25, -0.2) is 4.79 Å². The van der Waals surface area contributed by atoms with Crippen LogP contribution in [0.1, 0.15) is 28.4 Å². The molecule has 2 aromatic rings. The SMILES string of the molecule is CCOc1cc(CNc2cccc(C(=O)O)c2C)ccc1OC. The molecule has 23 heavy (non-hydrogen) atoms. The third-order valence-electron chi connectivity index (χ3n) is 3.58. The Labute approximate surface area is 135 Å². The van der Waals surface area contributed by atoms with E-state index in [1.54, 1.807) is 26.2 Å². The highest BCUT2D eigenvalue weighted by atomic mass is 16.5. The van der Waals surface area contributed by atoms with Crippen LogP contribution in [-0.2, 0) is 6.54 Å². The molecule has 2 aromatic carbocycles. The van der Waals surface area contributed by atoms with Gasteiger partial charge in [0, 0.05) is 12.2 Å². The van der Waals surface area contributed by atoms with Gasteiger partial charge < -0.3 is 19.9 Å². The van der Waals surface area contributed by atoms with Crippen molar-refractivity contribution in [3.63, 3.8) is 0 Å². The highest BCUT2D eigenvalue weighted by molar-refractivity contribution is 5.91. The van der Waals surface area contributed by atoms with E-state index in [-0.39, 0.29) is 0 Å². The van der Waals surface area contributed by atoms with Gasteiger partial charge in [-0.15, -0.1) is 0 Å². The molecule has 0 aliphatic carbocycles. The summed E-state index contributed by atoms with van der Waals surface area (Å²) in [5, 5.41) is 12.4. The number of nitrogens with one attached hydrogen (secondary N) is 1. The van der Waals surface area contributed by atoms with E-state index in [9.17, 15) is 9.90 Å². The van der Waals surface area contributed by atoms with Gasteiger partial charge in [-0.3, -0.25) is 0 Å². The number of methoxy groups -OCH3 is 1. The van der Waals surface area contributed by atoms with Crippen LogP contribution in [0.15, 0.2) is 36.4 Å². The van der Waals surface area contributed by atoms with E-state index >= 15 is 0 Å². The van der Waals surface area contributed by atoms with Gasteiger partial charge in [0.05, 0.1) is 19.3 Å². The second-order valence-corrected chi connectivity index (χ2v) is 5.06. The quantitative estimate of drug-likeness (QED) is 0.815. The molecule has 0 radical (unpaired) electrons. The summed E-state index contributed by atoms with van der Waals surface area (Å²) >= 11 is 0. The number of carboxylic acid groups (broad SMARTS) is 1. The molecule has 5 heteroatoms. The summed E-state index contributed by atoms with van der Waals surface area (Å²) in [5.74, 6) is 0.471. The summed E-state index contributed by atoms with van der Waals surface area (Å²) < 4.78 is 10.8. The molecule has 0 unspecified atom stereocenters. The Morgan fingerprint density at radius 2 is 2.00 bits per heavy atom. The third-order valence-corrected chi connectivity index (χ3v) is 3.58. The van der Waals surface area contributed by atoms with Crippen molar-refractivity contribution in [3.05, 3.63) is 53.1 Å². The highest BCUT2D eigenvalue weighted by Gasteiger charge is 2.10. The molecular weight excluding hydrogens is 294 g/mol. The Bertz CT molecular complexity index is 697. The minimum Gasteiger partial charge on any atom is -0.493 e. The first-order valence-electron chi connectivity index (χ1n) is 7.43. The maximum absolute atomic E-state index is 11.2. The zero-order valence-electron chi connectivity index (χ0n) is 13.6. The van der Waals surface area contributed by atoms with E-state index in [4.69, 9.17) is 9.47 Å². The van der Waals surface area contributed by atoms with E-state index in [1.807, 2.05) is 31.2 Å². The van der Waals surface area contributed by atoms with E-state index in [0.29, 0.717) is 30.2 Å². The van der Waals surface area contributed by atoms with Crippen LogP contribution in [0.3, 0.4) is 0 Å². The van der Waals surface area contributed by atoms with Crippen molar-refractivity contribution in [2.45, 2.75) is 20.4 Å². The van der Waals surface area contributed by atoms with Crippen molar-refractivity contribution in [1.82, 2.24) is 0 Å². The monoisotopic (exact) mass is 315 g/mol. The number of rotatable bonds is 7. The fraction of sp³-hybridized carbons (Fsp3) is 0.278. The van der Waals surface area contributed by atoms with Crippen molar-refractivity contribution in [1.29, 1.82) is 0 Å². The number of anilines is 1. The summed E-state index contributed by atoms with van der Waals surface area (Å²) in [6.45, 7) is 4.84. The van der Waals surface area contributed by atoms with Crippen molar-refractivity contribution < 1.29 is 19.4 Å². The number of carbonyl (C=O) groups is 1. The molecule has 5 nitrogen and oxygen atoms in total. The number of benzene rings is 2. The molecule has 0 fully saturated rings. The molecule has 2 N–H and O–H groups in total. The minimum atomic E-state index is -0.922. The van der Waals surface area contributed by atoms with Gasteiger partial charge in [0.2, 0.25) is 0 Å². The first kappa shape index (κ1) is 16.7. The highest BCUT2D eigenvalue weighted by Crippen LogP contribution is 2.28. The molecule has 0 saturated carbocycles. The summed E-state index contributed by atoms with van der Waals surface area (Å²) in [4.78, 5) is 11.2. The molecule has 122 valence electrons. The van der Waals surface area contributed by atoms with Gasteiger partial charge in [0.25, 0.3) is 0 Å². The van der Waals surface area contributed by atoms with Gasteiger partial charge in [-0.2, -0.15) is 0 Å². The van der Waals surface area contributed by atoms with Crippen molar-refractivity contribution in [2.75, 3.05) is 19.0 Å². The Hall–Kier alpha value is -2.69. The van der Waals surface area contributed by atoms with Crippen LogP contribution in [0.5, 0.6) is 11.5 Å². The normalized spacial score (nSPS) is 10.2. The molecule has 0 heterocycles. The van der Waals surface area contributed by atoms with Crippen LogP contribution in [0.4, 0.5) is 5.69 Å². The molecule has 0 spiro atoms. The Kier molecular flexibility index (Phi) is 5.46. The number of hydrogen-bond acceptors (Lipinski definition) is 4. The Morgan fingerprint density at radius 1 is 1.22 bits per heavy atom. The van der Waals surface area contributed by atoms with Crippen LogP contribution in [0.25, 0.3) is 0 Å². The second-order valence-electron chi connectivity index (χ2n) is 5.06. The smallest absolute Gasteiger partial charge is 0.336 e. The maximum Gasteiger partial charge on any atom is 0.336 e. The number of ether oxygens (including phenoxy) is 2. The molecule has 0 aliphatic heterocycles. The molecule has 0 atom stereocenters. The average molecular weight is 315 g/mol. The van der Waals surface area contributed by atoms with Crippen LogP contribution < -0.4 is 14.8 Å². The predicted molar refractivity (Wildman–Crippen MR) is 89.6 cm³/mol. The van der Waals surface area contributed by atoms with Crippen molar-refractivity contribution in [2.24, 2.45) is 0 Å². The Morgan fingerprint density at radius 3 is 2.65 bits per heavy atom. The van der Waals surface area contributed by atoms with Crippen molar-refractivity contribution >= 4 is 11.7 Å². The summed E-state index contributed by atoms with van der Waals surface area (Å²) in [6.07, 6.45) is 0. The van der Waals surface area contributed by atoms with Gasteiger partial charge in [-0.1, -0.05) is 12.1 Å². The molecule has 0 amide bonds. The summed E-state index contributed by atoms with van der Waals surface area (Å²) in [5.41, 5.74) is 2.85. The minimum absolute atomic E-state index is 0.305. The summed E-state index contributed by atoms with van der Waals surface area (Å²) in [7, 11) is 1.61. The second kappa shape index (κ2) is 7.54. The molecule has 0 aromatic heterocycles. The van der Waals surface area contributed by atoms with Crippen LogP contribution in [-0.4, -0.2) is 24.8 Å². The van der Waals surface area contributed by atoms with Gasteiger partial charge in [0.1, 0.15) is 0 Å². The predicted octanol–water partition coefficient (Wildman–Crippen LogP) is 3.71. The topological polar surface area (TPSA) is 67.8 Å². The third kappa shape index (κ3) is 3.94. The molecular formula is C18H21NO4. The van der Waals surface area contributed by atoms with E-state index < -0.39 is 5.97 Å². The van der Waals surface area contributed by atoms with Crippen LogP contribution in [0.2, 0.25) is 0 Å². The van der Waals surface area contributed by atoms with Gasteiger partial charge in [0.15, 0.2) is 11.5 Å². The lowest BCUT2D eigenvalue weighted by molar-refractivity contribution is 0.0696. The molecule has 0 bridgehead atoms. The lowest BCUT2D eigenvalue weighted by Crippen LogP contribution is -2.06. The largest absolute Gasteiger partial charge is 0.493 e. The van der Waals surface area contributed by atoms with Gasteiger partial charge >= 0.3 is 5.97 Å².